The third kappa shape index (κ3) is 3.54. The van der Waals surface area contributed by atoms with Crippen LogP contribution in [0.25, 0.3) is 0 Å². The molecular formula is C17H24N4O. The monoisotopic (exact) mass is 300 g/mol. The molecule has 1 heterocycles. The molecule has 118 valence electrons. The van der Waals surface area contributed by atoms with E-state index in [-0.39, 0.29) is 11.9 Å². The zero-order valence-electron chi connectivity index (χ0n) is 13.9. The summed E-state index contributed by atoms with van der Waals surface area (Å²) in [6.07, 6.45) is 0. The van der Waals surface area contributed by atoms with Crippen LogP contribution in [0, 0.1) is 20.8 Å². The molecule has 0 aliphatic rings. The molecule has 1 aromatic heterocycles. The maximum absolute atomic E-state index is 12.6. The molecule has 5 heteroatoms. The number of amides is 1. The fraction of sp³-hybridized carbons (Fsp3) is 0.412. The molecular weight excluding hydrogens is 276 g/mol. The van der Waals surface area contributed by atoms with Crippen LogP contribution in [0.1, 0.15) is 34.1 Å². The zero-order valence-corrected chi connectivity index (χ0v) is 13.9. The zero-order chi connectivity index (χ0) is 16.3. The number of nitrogens with zero attached hydrogens (tertiary/aromatic N) is 2. The lowest BCUT2D eigenvalue weighted by Gasteiger charge is -2.24. The van der Waals surface area contributed by atoms with Gasteiger partial charge in [-0.25, -0.2) is 0 Å². The molecule has 0 radical (unpaired) electrons. The molecule has 1 amide bonds. The second kappa shape index (κ2) is 6.75. The van der Waals surface area contributed by atoms with Gasteiger partial charge in [0.2, 0.25) is 5.91 Å². The Balaban J connectivity index is 2.12. The van der Waals surface area contributed by atoms with Gasteiger partial charge < -0.3 is 5.32 Å². The molecule has 2 N–H and O–H groups in total. The van der Waals surface area contributed by atoms with Gasteiger partial charge in [0.05, 0.1) is 5.69 Å². The number of hydrogen-bond acceptors (Lipinski definition) is 3. The molecule has 0 bridgehead atoms. The Morgan fingerprint density at radius 2 is 1.86 bits per heavy atom. The Morgan fingerprint density at radius 1 is 1.23 bits per heavy atom. The topological polar surface area (TPSA) is 61.0 Å². The first-order valence-electron chi connectivity index (χ1n) is 7.41. The second-order valence-electron chi connectivity index (χ2n) is 5.91. The number of aromatic amines is 1. The molecule has 1 aromatic carbocycles. The van der Waals surface area contributed by atoms with E-state index in [4.69, 9.17) is 0 Å². The molecule has 2 aromatic rings. The number of carbonyl (C=O) groups is 1. The van der Waals surface area contributed by atoms with E-state index in [2.05, 4.69) is 15.5 Å². The molecule has 5 nitrogen and oxygen atoms in total. The van der Waals surface area contributed by atoms with E-state index < -0.39 is 0 Å². The number of likely N-dealkylation sites (N-methyl/N-ethyl adjacent to an activating group) is 1. The van der Waals surface area contributed by atoms with E-state index >= 15 is 0 Å². The summed E-state index contributed by atoms with van der Waals surface area (Å²) in [5.74, 6) is -0.00569. The van der Waals surface area contributed by atoms with Crippen LogP contribution in [0.4, 0.5) is 0 Å². The predicted octanol–water partition coefficient (Wildman–Crippen LogP) is 2.25. The van der Waals surface area contributed by atoms with Crippen LogP contribution in [0.3, 0.4) is 0 Å². The first-order chi connectivity index (χ1) is 10.4. The molecule has 0 spiro atoms. The Kier molecular flexibility index (Phi) is 4.98. The van der Waals surface area contributed by atoms with Gasteiger partial charge in [0.25, 0.3) is 0 Å². The van der Waals surface area contributed by atoms with Gasteiger partial charge in [-0.3, -0.25) is 14.8 Å². The number of benzene rings is 1. The maximum atomic E-state index is 12.6. The number of aromatic nitrogens is 2. The van der Waals surface area contributed by atoms with Crippen LogP contribution in [-0.2, 0) is 11.3 Å². The van der Waals surface area contributed by atoms with E-state index in [9.17, 15) is 4.79 Å². The summed E-state index contributed by atoms with van der Waals surface area (Å²) >= 11 is 0. The van der Waals surface area contributed by atoms with Crippen molar-refractivity contribution in [1.29, 1.82) is 0 Å². The Morgan fingerprint density at radius 3 is 2.36 bits per heavy atom. The van der Waals surface area contributed by atoms with Crippen LogP contribution in [0.15, 0.2) is 24.3 Å². The molecule has 22 heavy (non-hydrogen) atoms. The van der Waals surface area contributed by atoms with Crippen molar-refractivity contribution in [3.05, 3.63) is 52.3 Å². The van der Waals surface area contributed by atoms with Gasteiger partial charge in [0, 0.05) is 17.8 Å². The van der Waals surface area contributed by atoms with E-state index in [1.54, 1.807) is 0 Å². The number of aryl methyl sites for hydroxylation is 3. The molecule has 0 aliphatic heterocycles. The largest absolute Gasteiger partial charge is 0.350 e. The van der Waals surface area contributed by atoms with Gasteiger partial charge in [0.15, 0.2) is 0 Å². The van der Waals surface area contributed by atoms with Crippen molar-refractivity contribution in [3.8, 4) is 0 Å². The van der Waals surface area contributed by atoms with Crippen molar-refractivity contribution in [2.75, 3.05) is 14.1 Å². The third-order valence-electron chi connectivity index (χ3n) is 3.88. The summed E-state index contributed by atoms with van der Waals surface area (Å²) in [7, 11) is 3.83. The van der Waals surface area contributed by atoms with Crippen molar-refractivity contribution in [2.24, 2.45) is 0 Å². The van der Waals surface area contributed by atoms with E-state index in [0.29, 0.717) is 6.54 Å². The normalized spacial score (nSPS) is 12.5. The van der Waals surface area contributed by atoms with Gasteiger partial charge in [-0.2, -0.15) is 5.10 Å². The highest BCUT2D eigenvalue weighted by Gasteiger charge is 2.23. The van der Waals surface area contributed by atoms with Gasteiger partial charge in [0.1, 0.15) is 6.04 Å². The molecule has 1 atom stereocenters. The number of carbonyl (C=O) groups excluding carboxylic acids is 1. The van der Waals surface area contributed by atoms with E-state index in [0.717, 1.165) is 22.5 Å². The van der Waals surface area contributed by atoms with Crippen LogP contribution in [0.5, 0.6) is 0 Å². The first kappa shape index (κ1) is 16.2. The Hall–Kier alpha value is -2.14. The summed E-state index contributed by atoms with van der Waals surface area (Å²) in [5.41, 5.74) is 5.15. The minimum absolute atomic E-state index is 0.00569. The van der Waals surface area contributed by atoms with E-state index in [1.807, 2.05) is 64.0 Å². The summed E-state index contributed by atoms with van der Waals surface area (Å²) in [6.45, 7) is 6.43. The molecule has 0 saturated heterocycles. The van der Waals surface area contributed by atoms with Crippen LogP contribution in [0.2, 0.25) is 0 Å². The van der Waals surface area contributed by atoms with Crippen LogP contribution >= 0.6 is 0 Å². The van der Waals surface area contributed by atoms with Crippen molar-refractivity contribution in [1.82, 2.24) is 20.4 Å². The quantitative estimate of drug-likeness (QED) is 0.890. The SMILES string of the molecule is Cc1ccc([C@@H](C(=O)NCc2c(C)n[nH]c2C)N(C)C)cc1. The van der Waals surface area contributed by atoms with Gasteiger partial charge >= 0.3 is 0 Å². The standard InChI is InChI=1S/C17H24N4O/c1-11-6-8-14(9-7-11)16(21(4)5)17(22)18-10-15-12(2)19-20-13(15)3/h6-9,16H,10H2,1-5H3,(H,18,22)(H,19,20)/t16-/m0/s1. The second-order valence-corrected chi connectivity index (χ2v) is 5.91. The van der Waals surface area contributed by atoms with Crippen molar-refractivity contribution >= 4 is 5.91 Å². The first-order valence-corrected chi connectivity index (χ1v) is 7.41. The van der Waals surface area contributed by atoms with Gasteiger partial charge in [-0.05, 0) is 40.4 Å². The summed E-state index contributed by atoms with van der Waals surface area (Å²) < 4.78 is 0. The summed E-state index contributed by atoms with van der Waals surface area (Å²) in [5, 5.41) is 10.1. The minimum Gasteiger partial charge on any atom is -0.350 e. The molecule has 0 saturated carbocycles. The lowest BCUT2D eigenvalue weighted by molar-refractivity contribution is -0.125. The highest BCUT2D eigenvalue weighted by molar-refractivity contribution is 5.83. The highest BCUT2D eigenvalue weighted by Crippen LogP contribution is 2.19. The summed E-state index contributed by atoms with van der Waals surface area (Å²) in [6, 6.07) is 7.78. The van der Waals surface area contributed by atoms with Crippen molar-refractivity contribution in [3.63, 3.8) is 0 Å². The molecule has 2 rings (SSSR count). The fourth-order valence-corrected chi connectivity index (χ4v) is 2.54. The van der Waals surface area contributed by atoms with Gasteiger partial charge in [-0.1, -0.05) is 29.8 Å². The summed E-state index contributed by atoms with van der Waals surface area (Å²) in [4.78, 5) is 14.5. The number of rotatable bonds is 5. The lowest BCUT2D eigenvalue weighted by Crippen LogP contribution is -2.36. The predicted molar refractivity (Wildman–Crippen MR) is 87.5 cm³/mol. The smallest absolute Gasteiger partial charge is 0.242 e. The lowest BCUT2D eigenvalue weighted by atomic mass is 10.0. The molecule has 0 fully saturated rings. The maximum Gasteiger partial charge on any atom is 0.242 e. The average Bonchev–Trinajstić information content (AvgIpc) is 2.78. The number of H-pyrrole nitrogens is 1. The highest BCUT2D eigenvalue weighted by atomic mass is 16.2. The molecule has 0 aliphatic carbocycles. The van der Waals surface area contributed by atoms with Crippen LogP contribution < -0.4 is 5.32 Å². The van der Waals surface area contributed by atoms with Crippen molar-refractivity contribution < 1.29 is 4.79 Å². The van der Waals surface area contributed by atoms with E-state index in [1.165, 1.54) is 5.56 Å². The molecule has 0 unspecified atom stereocenters. The number of nitrogens with one attached hydrogen (secondary N) is 2. The Labute approximate surface area is 131 Å². The van der Waals surface area contributed by atoms with Crippen molar-refractivity contribution in [2.45, 2.75) is 33.4 Å². The van der Waals surface area contributed by atoms with Gasteiger partial charge in [-0.15, -0.1) is 0 Å². The Bertz CT molecular complexity index is 624. The van der Waals surface area contributed by atoms with Crippen LogP contribution in [-0.4, -0.2) is 35.1 Å². The fourth-order valence-electron chi connectivity index (χ4n) is 2.54. The number of hydrogen-bond donors (Lipinski definition) is 2. The third-order valence-corrected chi connectivity index (χ3v) is 3.88. The minimum atomic E-state index is -0.298. The average molecular weight is 300 g/mol.